The van der Waals surface area contributed by atoms with E-state index in [4.69, 9.17) is 0 Å². The molecular formula is C15H18N2O2S. The SMILES string of the molecule is Cc1cc(C)c2sc(N3CCCCC3C(=O)O)nc2c1. The molecule has 1 N–H and O–H groups in total. The van der Waals surface area contributed by atoms with Gasteiger partial charge in [0.15, 0.2) is 5.13 Å². The molecule has 0 spiro atoms. The van der Waals surface area contributed by atoms with Crippen molar-refractivity contribution in [2.24, 2.45) is 0 Å². The van der Waals surface area contributed by atoms with Crippen LogP contribution in [0.5, 0.6) is 0 Å². The van der Waals surface area contributed by atoms with Crippen LogP contribution in [0.25, 0.3) is 10.2 Å². The first kappa shape index (κ1) is 13.4. The molecule has 0 saturated carbocycles. The topological polar surface area (TPSA) is 53.4 Å². The second kappa shape index (κ2) is 5.05. The van der Waals surface area contributed by atoms with Crippen molar-refractivity contribution < 1.29 is 9.90 Å². The zero-order valence-electron chi connectivity index (χ0n) is 11.7. The quantitative estimate of drug-likeness (QED) is 0.921. The monoisotopic (exact) mass is 290 g/mol. The van der Waals surface area contributed by atoms with Crippen LogP contribution in [-0.2, 0) is 4.79 Å². The fourth-order valence-corrected chi connectivity index (χ4v) is 4.00. The van der Waals surface area contributed by atoms with Crippen LogP contribution < -0.4 is 4.90 Å². The van der Waals surface area contributed by atoms with Gasteiger partial charge in [-0.3, -0.25) is 0 Å². The van der Waals surface area contributed by atoms with Gasteiger partial charge < -0.3 is 10.0 Å². The second-order valence-corrected chi connectivity index (χ2v) is 6.45. The molecule has 1 unspecified atom stereocenters. The van der Waals surface area contributed by atoms with E-state index in [9.17, 15) is 9.90 Å². The van der Waals surface area contributed by atoms with E-state index in [1.807, 2.05) is 4.90 Å². The Hall–Kier alpha value is -1.62. The Morgan fingerprint density at radius 1 is 1.40 bits per heavy atom. The molecule has 1 atom stereocenters. The van der Waals surface area contributed by atoms with E-state index in [1.165, 1.54) is 15.8 Å². The standard InChI is InChI=1S/C15H18N2O2S/c1-9-7-10(2)13-11(8-9)16-15(20-13)17-6-4-3-5-12(17)14(18)19/h7-8,12H,3-6H2,1-2H3,(H,18,19). The van der Waals surface area contributed by atoms with Gasteiger partial charge in [0.05, 0.1) is 10.2 Å². The normalized spacial score (nSPS) is 19.5. The van der Waals surface area contributed by atoms with Crippen LogP contribution in [-0.4, -0.2) is 28.6 Å². The first-order chi connectivity index (χ1) is 9.56. The Balaban J connectivity index is 2.04. The minimum Gasteiger partial charge on any atom is -0.480 e. The smallest absolute Gasteiger partial charge is 0.326 e. The number of piperidine rings is 1. The van der Waals surface area contributed by atoms with Crippen LogP contribution in [0.4, 0.5) is 5.13 Å². The molecule has 5 heteroatoms. The van der Waals surface area contributed by atoms with E-state index >= 15 is 0 Å². The van der Waals surface area contributed by atoms with Gasteiger partial charge in [0.1, 0.15) is 6.04 Å². The molecule has 3 rings (SSSR count). The van der Waals surface area contributed by atoms with Crippen LogP contribution in [0, 0.1) is 13.8 Å². The number of carboxylic acids is 1. The summed E-state index contributed by atoms with van der Waals surface area (Å²) < 4.78 is 1.17. The zero-order valence-corrected chi connectivity index (χ0v) is 12.5. The Morgan fingerprint density at radius 2 is 2.20 bits per heavy atom. The molecule has 1 aromatic carbocycles. The van der Waals surface area contributed by atoms with E-state index in [0.29, 0.717) is 6.42 Å². The number of rotatable bonds is 2. The summed E-state index contributed by atoms with van der Waals surface area (Å²) in [6, 6.07) is 3.79. The largest absolute Gasteiger partial charge is 0.480 e. The van der Waals surface area contributed by atoms with Crippen LogP contribution in [0.15, 0.2) is 12.1 Å². The van der Waals surface area contributed by atoms with Gasteiger partial charge in [-0.05, 0) is 50.3 Å². The minimum absolute atomic E-state index is 0.425. The first-order valence-corrected chi connectivity index (χ1v) is 7.75. The van der Waals surface area contributed by atoms with Gasteiger partial charge in [-0.25, -0.2) is 9.78 Å². The Kier molecular flexibility index (Phi) is 3.38. The third-order valence-corrected chi connectivity index (χ3v) is 5.09. The summed E-state index contributed by atoms with van der Waals surface area (Å²) in [5, 5.41) is 10.2. The van der Waals surface area contributed by atoms with Crippen LogP contribution in [0.2, 0.25) is 0 Å². The number of fused-ring (bicyclic) bond motifs is 1. The molecule has 0 aliphatic carbocycles. The molecule has 1 aliphatic rings. The number of thiazole rings is 1. The number of hydrogen-bond donors (Lipinski definition) is 1. The van der Waals surface area contributed by atoms with Crippen LogP contribution >= 0.6 is 11.3 Å². The highest BCUT2D eigenvalue weighted by Gasteiger charge is 2.30. The van der Waals surface area contributed by atoms with Crippen molar-refractivity contribution in [3.63, 3.8) is 0 Å². The van der Waals surface area contributed by atoms with Crippen LogP contribution in [0.3, 0.4) is 0 Å². The van der Waals surface area contributed by atoms with Crippen molar-refractivity contribution in [3.8, 4) is 0 Å². The van der Waals surface area contributed by atoms with Gasteiger partial charge >= 0.3 is 5.97 Å². The number of benzene rings is 1. The summed E-state index contributed by atoms with van der Waals surface area (Å²) in [5.41, 5.74) is 3.39. The summed E-state index contributed by atoms with van der Waals surface area (Å²) in [7, 11) is 0. The average Bonchev–Trinajstić information content (AvgIpc) is 2.82. The van der Waals surface area contributed by atoms with Gasteiger partial charge in [0, 0.05) is 6.54 Å². The molecule has 0 radical (unpaired) electrons. The summed E-state index contributed by atoms with van der Waals surface area (Å²) in [6.45, 7) is 4.93. The number of aliphatic carboxylic acids is 1. The lowest BCUT2D eigenvalue weighted by Crippen LogP contribution is -2.44. The molecule has 106 valence electrons. The summed E-state index contributed by atoms with van der Waals surface area (Å²) in [6.07, 6.45) is 2.73. The summed E-state index contributed by atoms with van der Waals surface area (Å²) in [4.78, 5) is 18.0. The molecule has 4 nitrogen and oxygen atoms in total. The van der Waals surface area contributed by atoms with E-state index in [1.54, 1.807) is 11.3 Å². The van der Waals surface area contributed by atoms with E-state index in [-0.39, 0.29) is 0 Å². The van der Waals surface area contributed by atoms with Gasteiger partial charge in [-0.2, -0.15) is 0 Å². The third kappa shape index (κ3) is 2.26. The molecule has 1 aromatic heterocycles. The Morgan fingerprint density at radius 3 is 2.95 bits per heavy atom. The molecule has 1 aliphatic heterocycles. The fourth-order valence-electron chi connectivity index (χ4n) is 2.91. The van der Waals surface area contributed by atoms with Crippen molar-refractivity contribution in [3.05, 3.63) is 23.3 Å². The summed E-state index contributed by atoms with van der Waals surface area (Å²) in [5.74, 6) is -0.739. The van der Waals surface area contributed by atoms with E-state index in [0.717, 1.165) is 30.0 Å². The molecule has 0 bridgehead atoms. The van der Waals surface area contributed by atoms with Crippen LogP contribution in [0.1, 0.15) is 30.4 Å². The lowest BCUT2D eigenvalue weighted by Gasteiger charge is -2.32. The predicted molar refractivity (Wildman–Crippen MR) is 81.7 cm³/mol. The molecule has 2 heterocycles. The van der Waals surface area contributed by atoms with Gasteiger partial charge in [0.25, 0.3) is 0 Å². The second-order valence-electron chi connectivity index (χ2n) is 5.47. The zero-order chi connectivity index (χ0) is 14.3. The number of aryl methyl sites for hydroxylation is 2. The minimum atomic E-state index is -0.739. The molecular weight excluding hydrogens is 272 g/mol. The number of nitrogens with zero attached hydrogens (tertiary/aromatic N) is 2. The first-order valence-electron chi connectivity index (χ1n) is 6.93. The third-order valence-electron chi connectivity index (χ3n) is 3.84. The maximum atomic E-state index is 11.4. The maximum absolute atomic E-state index is 11.4. The van der Waals surface area contributed by atoms with Gasteiger partial charge in [-0.15, -0.1) is 0 Å². The van der Waals surface area contributed by atoms with Gasteiger partial charge in [-0.1, -0.05) is 17.4 Å². The Bertz CT molecular complexity index is 665. The molecule has 0 amide bonds. The lowest BCUT2D eigenvalue weighted by molar-refractivity contribution is -0.139. The maximum Gasteiger partial charge on any atom is 0.326 e. The van der Waals surface area contributed by atoms with Crippen molar-refractivity contribution in [1.29, 1.82) is 0 Å². The number of hydrogen-bond acceptors (Lipinski definition) is 4. The molecule has 20 heavy (non-hydrogen) atoms. The van der Waals surface area contributed by atoms with Crippen molar-refractivity contribution in [1.82, 2.24) is 4.98 Å². The van der Waals surface area contributed by atoms with E-state index < -0.39 is 12.0 Å². The number of carboxylic acid groups (broad SMARTS) is 1. The fraction of sp³-hybridized carbons (Fsp3) is 0.467. The Labute approximate surface area is 122 Å². The lowest BCUT2D eigenvalue weighted by atomic mass is 10.0. The molecule has 2 aromatic rings. The van der Waals surface area contributed by atoms with Crippen molar-refractivity contribution >= 4 is 32.7 Å². The highest BCUT2D eigenvalue weighted by Crippen LogP contribution is 2.34. The van der Waals surface area contributed by atoms with Crippen molar-refractivity contribution in [2.45, 2.75) is 39.2 Å². The number of carbonyl (C=O) groups is 1. The average molecular weight is 290 g/mol. The summed E-state index contributed by atoms with van der Waals surface area (Å²) >= 11 is 1.61. The molecule has 1 fully saturated rings. The highest BCUT2D eigenvalue weighted by molar-refractivity contribution is 7.22. The number of aromatic nitrogens is 1. The molecule has 1 saturated heterocycles. The van der Waals surface area contributed by atoms with Gasteiger partial charge in [0.2, 0.25) is 0 Å². The predicted octanol–water partition coefficient (Wildman–Crippen LogP) is 3.36. The number of anilines is 1. The highest BCUT2D eigenvalue weighted by atomic mass is 32.1. The van der Waals surface area contributed by atoms with E-state index in [2.05, 4.69) is 31.0 Å². The van der Waals surface area contributed by atoms with Crippen molar-refractivity contribution in [2.75, 3.05) is 11.4 Å².